The molecular weight excluding hydrogens is 451 g/mol. The van der Waals surface area contributed by atoms with Crippen LogP contribution in [0.5, 0.6) is 0 Å². The van der Waals surface area contributed by atoms with Gasteiger partial charge in [-0.3, -0.25) is 4.99 Å². The summed E-state index contributed by atoms with van der Waals surface area (Å²) in [6.45, 7) is 2.10. The molecule has 0 aliphatic rings. The minimum absolute atomic E-state index is 0.972. The zero-order valence-corrected chi connectivity index (χ0v) is 15.7. The molecule has 22 heavy (non-hydrogen) atoms. The molecule has 110 valence electrons. The lowest BCUT2D eigenvalue weighted by atomic mass is 10.2. The van der Waals surface area contributed by atoms with E-state index in [1.807, 2.05) is 36.7 Å². The molecule has 0 N–H and O–H groups in total. The third kappa shape index (κ3) is 3.50. The number of hydrogen-bond acceptors (Lipinski definition) is 1. The first-order valence-corrected chi connectivity index (χ1v) is 8.74. The van der Waals surface area contributed by atoms with Crippen molar-refractivity contribution < 1.29 is 0 Å². The smallest absolute Gasteiger partial charge is 0.0639 e. The maximum atomic E-state index is 4.60. The highest BCUT2D eigenvalue weighted by molar-refractivity contribution is 14.1. The van der Waals surface area contributed by atoms with E-state index in [4.69, 9.17) is 0 Å². The molecule has 1 aromatic heterocycles. The second-order valence-electron chi connectivity index (χ2n) is 4.97. The Bertz CT molecular complexity index is 837. The van der Waals surface area contributed by atoms with Gasteiger partial charge in [-0.15, -0.1) is 0 Å². The predicted octanol–water partition coefficient (Wildman–Crippen LogP) is 5.90. The topological polar surface area (TPSA) is 17.3 Å². The minimum Gasteiger partial charge on any atom is -0.316 e. The van der Waals surface area contributed by atoms with Gasteiger partial charge in [-0.2, -0.15) is 0 Å². The number of aliphatic imine (C=N–C) groups is 1. The van der Waals surface area contributed by atoms with Crippen LogP contribution >= 0.6 is 38.5 Å². The Morgan fingerprint density at radius 2 is 1.95 bits per heavy atom. The highest BCUT2D eigenvalue weighted by atomic mass is 127. The molecule has 0 radical (unpaired) electrons. The molecule has 0 saturated heterocycles. The molecule has 0 aliphatic heterocycles. The largest absolute Gasteiger partial charge is 0.316 e. The van der Waals surface area contributed by atoms with Gasteiger partial charge in [0.25, 0.3) is 0 Å². The van der Waals surface area contributed by atoms with E-state index in [0.29, 0.717) is 0 Å². The van der Waals surface area contributed by atoms with Gasteiger partial charge in [-0.1, -0.05) is 22.0 Å². The Morgan fingerprint density at radius 1 is 1.09 bits per heavy atom. The standard InChI is InChI=1S/C18H14BrIN2/c1-13-10-15(7-8-18(13)20)21-12-17-6-3-9-22(17)16-5-2-4-14(19)11-16/h2-12H,1H3. The Kier molecular flexibility index (Phi) is 4.78. The lowest BCUT2D eigenvalue weighted by Gasteiger charge is -2.06. The van der Waals surface area contributed by atoms with Gasteiger partial charge >= 0.3 is 0 Å². The molecule has 0 fully saturated rings. The van der Waals surface area contributed by atoms with Crippen LogP contribution in [0.25, 0.3) is 5.69 Å². The van der Waals surface area contributed by atoms with Crippen molar-refractivity contribution in [1.29, 1.82) is 0 Å². The van der Waals surface area contributed by atoms with E-state index >= 15 is 0 Å². The number of hydrogen-bond donors (Lipinski definition) is 0. The molecule has 2 aromatic carbocycles. The molecule has 1 heterocycles. The molecule has 0 spiro atoms. The summed E-state index contributed by atoms with van der Waals surface area (Å²) in [5.41, 5.74) is 4.38. The summed E-state index contributed by atoms with van der Waals surface area (Å²) in [4.78, 5) is 4.60. The first-order valence-electron chi connectivity index (χ1n) is 6.87. The Labute approximate surface area is 152 Å². The van der Waals surface area contributed by atoms with Crippen LogP contribution in [-0.2, 0) is 0 Å². The Morgan fingerprint density at radius 3 is 2.73 bits per heavy atom. The van der Waals surface area contributed by atoms with Gasteiger partial charge in [0.1, 0.15) is 0 Å². The molecule has 0 aliphatic carbocycles. The fraction of sp³-hybridized carbons (Fsp3) is 0.0556. The van der Waals surface area contributed by atoms with E-state index in [2.05, 4.69) is 85.3 Å². The molecule has 0 atom stereocenters. The summed E-state index contributed by atoms with van der Waals surface area (Å²) in [5, 5.41) is 0. The summed E-state index contributed by atoms with van der Waals surface area (Å²) >= 11 is 5.85. The third-order valence-corrected chi connectivity index (χ3v) is 5.06. The van der Waals surface area contributed by atoms with Crippen molar-refractivity contribution in [2.75, 3.05) is 0 Å². The second-order valence-corrected chi connectivity index (χ2v) is 7.05. The van der Waals surface area contributed by atoms with Gasteiger partial charge in [0.05, 0.1) is 17.6 Å². The van der Waals surface area contributed by atoms with Crippen molar-refractivity contribution in [3.05, 3.63) is 80.1 Å². The molecular formula is C18H14BrIN2. The summed E-state index contributed by atoms with van der Waals surface area (Å²) in [7, 11) is 0. The number of benzene rings is 2. The Balaban J connectivity index is 1.92. The highest BCUT2D eigenvalue weighted by Crippen LogP contribution is 2.20. The van der Waals surface area contributed by atoms with Gasteiger partial charge in [0.2, 0.25) is 0 Å². The first-order chi connectivity index (χ1) is 10.6. The van der Waals surface area contributed by atoms with Crippen LogP contribution in [0.3, 0.4) is 0 Å². The van der Waals surface area contributed by atoms with E-state index in [-0.39, 0.29) is 0 Å². The number of aryl methyl sites for hydroxylation is 1. The minimum atomic E-state index is 0.972. The summed E-state index contributed by atoms with van der Waals surface area (Å²) < 4.78 is 4.44. The normalized spacial score (nSPS) is 11.2. The molecule has 0 saturated carbocycles. The third-order valence-electron chi connectivity index (χ3n) is 3.35. The van der Waals surface area contributed by atoms with Crippen molar-refractivity contribution in [3.8, 4) is 5.69 Å². The first kappa shape index (κ1) is 15.5. The average Bonchev–Trinajstić information content (AvgIpc) is 2.97. The van der Waals surface area contributed by atoms with E-state index in [1.54, 1.807) is 0 Å². The van der Waals surface area contributed by atoms with Gasteiger partial charge in [0, 0.05) is 19.9 Å². The fourth-order valence-electron chi connectivity index (χ4n) is 2.21. The molecule has 0 unspecified atom stereocenters. The zero-order chi connectivity index (χ0) is 15.5. The number of aromatic nitrogens is 1. The maximum Gasteiger partial charge on any atom is 0.0639 e. The number of rotatable bonds is 3. The second kappa shape index (κ2) is 6.79. The highest BCUT2D eigenvalue weighted by Gasteiger charge is 2.02. The average molecular weight is 465 g/mol. The molecule has 2 nitrogen and oxygen atoms in total. The van der Waals surface area contributed by atoms with E-state index < -0.39 is 0 Å². The molecule has 0 amide bonds. The summed E-state index contributed by atoms with van der Waals surface area (Å²) in [6.07, 6.45) is 3.95. The van der Waals surface area contributed by atoms with Gasteiger partial charge < -0.3 is 4.57 Å². The quantitative estimate of drug-likeness (QED) is 0.339. The Hall–Kier alpha value is -1.40. The maximum absolute atomic E-state index is 4.60. The molecule has 4 heteroatoms. The van der Waals surface area contributed by atoms with Crippen LogP contribution in [0.2, 0.25) is 0 Å². The predicted molar refractivity (Wildman–Crippen MR) is 105 cm³/mol. The monoisotopic (exact) mass is 464 g/mol. The van der Waals surface area contributed by atoms with E-state index in [9.17, 15) is 0 Å². The van der Waals surface area contributed by atoms with Crippen molar-refractivity contribution in [1.82, 2.24) is 4.57 Å². The lowest BCUT2D eigenvalue weighted by molar-refractivity contribution is 1.07. The van der Waals surface area contributed by atoms with Gasteiger partial charge in [-0.05, 0) is 83.6 Å². The van der Waals surface area contributed by atoms with Crippen LogP contribution in [0, 0.1) is 10.5 Å². The van der Waals surface area contributed by atoms with Crippen molar-refractivity contribution in [2.24, 2.45) is 4.99 Å². The number of halogens is 2. The van der Waals surface area contributed by atoms with Crippen LogP contribution in [0.1, 0.15) is 11.3 Å². The molecule has 0 bridgehead atoms. The number of nitrogens with zero attached hydrogens (tertiary/aromatic N) is 2. The van der Waals surface area contributed by atoms with Crippen LogP contribution in [-0.4, -0.2) is 10.8 Å². The van der Waals surface area contributed by atoms with E-state index in [0.717, 1.165) is 21.5 Å². The van der Waals surface area contributed by atoms with Crippen molar-refractivity contribution >= 4 is 50.4 Å². The van der Waals surface area contributed by atoms with Crippen molar-refractivity contribution in [2.45, 2.75) is 6.92 Å². The molecule has 3 rings (SSSR count). The zero-order valence-electron chi connectivity index (χ0n) is 12.0. The van der Waals surface area contributed by atoms with Crippen LogP contribution in [0.4, 0.5) is 5.69 Å². The van der Waals surface area contributed by atoms with E-state index in [1.165, 1.54) is 9.13 Å². The summed E-state index contributed by atoms with van der Waals surface area (Å²) in [5.74, 6) is 0. The molecule has 3 aromatic rings. The summed E-state index contributed by atoms with van der Waals surface area (Å²) in [6, 6.07) is 18.5. The van der Waals surface area contributed by atoms with Gasteiger partial charge in [-0.25, -0.2) is 0 Å². The van der Waals surface area contributed by atoms with Crippen LogP contribution < -0.4 is 0 Å². The fourth-order valence-corrected chi connectivity index (χ4v) is 2.93. The SMILES string of the molecule is Cc1cc(N=Cc2cccn2-c2cccc(Br)c2)ccc1I. The van der Waals surface area contributed by atoms with Gasteiger partial charge in [0.15, 0.2) is 0 Å². The van der Waals surface area contributed by atoms with Crippen LogP contribution in [0.15, 0.2) is 70.3 Å². The lowest BCUT2D eigenvalue weighted by Crippen LogP contribution is -1.97. The van der Waals surface area contributed by atoms with Crippen molar-refractivity contribution in [3.63, 3.8) is 0 Å².